The zero-order chi connectivity index (χ0) is 47.2. The summed E-state index contributed by atoms with van der Waals surface area (Å²) in [7, 11) is 0. The van der Waals surface area contributed by atoms with Gasteiger partial charge in [0.05, 0.1) is 0 Å². The van der Waals surface area contributed by atoms with Crippen molar-refractivity contribution in [3.05, 3.63) is 109 Å². The minimum Gasteiger partial charge on any atom is -0.462 e. The Morgan fingerprint density at radius 1 is 0.338 bits per heavy atom. The molecule has 0 rings (SSSR count). The van der Waals surface area contributed by atoms with E-state index in [1.54, 1.807) is 0 Å². The van der Waals surface area contributed by atoms with Gasteiger partial charge in [0, 0.05) is 19.3 Å². The molecule has 1 atom stereocenters. The van der Waals surface area contributed by atoms with E-state index in [1.165, 1.54) is 109 Å². The molecular formula is C59H96O6. The Hall–Kier alpha value is -3.93. The van der Waals surface area contributed by atoms with Crippen LogP contribution in [0.2, 0.25) is 0 Å². The van der Waals surface area contributed by atoms with Crippen LogP contribution in [-0.2, 0) is 28.6 Å². The molecule has 0 fully saturated rings. The van der Waals surface area contributed by atoms with E-state index < -0.39 is 6.10 Å². The topological polar surface area (TPSA) is 78.9 Å². The van der Waals surface area contributed by atoms with E-state index in [0.717, 1.165) is 70.6 Å². The summed E-state index contributed by atoms with van der Waals surface area (Å²) in [5, 5.41) is 0. The molecule has 0 aromatic heterocycles. The van der Waals surface area contributed by atoms with Gasteiger partial charge in [0.1, 0.15) is 13.2 Å². The van der Waals surface area contributed by atoms with Crippen LogP contribution in [0.25, 0.3) is 0 Å². The van der Waals surface area contributed by atoms with Gasteiger partial charge >= 0.3 is 17.9 Å². The van der Waals surface area contributed by atoms with Crippen LogP contribution in [-0.4, -0.2) is 37.2 Å². The summed E-state index contributed by atoms with van der Waals surface area (Å²) in [6, 6.07) is 0. The molecule has 0 spiro atoms. The maximum Gasteiger partial charge on any atom is 0.306 e. The van der Waals surface area contributed by atoms with E-state index in [2.05, 4.69) is 75.5 Å². The molecule has 0 aliphatic carbocycles. The van der Waals surface area contributed by atoms with Gasteiger partial charge in [0.2, 0.25) is 0 Å². The molecule has 0 aromatic carbocycles. The summed E-state index contributed by atoms with van der Waals surface area (Å²) in [5.41, 5.74) is 0. The Labute approximate surface area is 400 Å². The molecule has 0 bridgehead atoms. The van der Waals surface area contributed by atoms with Crippen LogP contribution in [0.4, 0.5) is 0 Å². The van der Waals surface area contributed by atoms with Gasteiger partial charge in [-0.05, 0) is 89.9 Å². The van der Waals surface area contributed by atoms with Crippen molar-refractivity contribution in [1.29, 1.82) is 0 Å². The van der Waals surface area contributed by atoms with E-state index in [1.807, 2.05) is 54.7 Å². The van der Waals surface area contributed by atoms with Crippen molar-refractivity contribution in [2.24, 2.45) is 0 Å². The van der Waals surface area contributed by atoms with Gasteiger partial charge in [0.15, 0.2) is 6.10 Å². The highest BCUT2D eigenvalue weighted by Crippen LogP contribution is 2.14. The predicted molar refractivity (Wildman–Crippen MR) is 279 cm³/mol. The third-order valence-corrected chi connectivity index (χ3v) is 10.9. The highest BCUT2D eigenvalue weighted by Gasteiger charge is 2.19. The molecule has 0 amide bonds. The first kappa shape index (κ1) is 61.1. The van der Waals surface area contributed by atoms with Crippen molar-refractivity contribution in [3.63, 3.8) is 0 Å². The number of hydrogen-bond donors (Lipinski definition) is 0. The van der Waals surface area contributed by atoms with E-state index in [4.69, 9.17) is 14.2 Å². The molecule has 6 nitrogen and oxygen atoms in total. The zero-order valence-electron chi connectivity index (χ0n) is 42.0. The number of hydrogen-bond acceptors (Lipinski definition) is 6. The molecule has 0 saturated carbocycles. The average Bonchev–Trinajstić information content (AvgIpc) is 3.30. The standard InChI is InChI=1S/C59H96O6/c1-4-7-10-13-16-19-22-25-27-28-29-30-32-34-37-40-43-46-49-52-58(61)64-55-56(54-63-57(60)51-48-45-42-39-36-33-24-21-18-15-12-9-6-3)65-59(62)53-50-47-44-41-38-35-31-26-23-20-17-14-11-8-5-2/h7,9-10,12,15-16,18-21,23-25,27,33,36,39,42,56H,4-6,8,11,13-14,17,22,26,28-32,34-35,37-38,40-41,43-55H2,1-3H3/b10-7+,12-9+,18-15+,19-16+,23-20+,24-21+,27-25+,36-33+,42-39+. The van der Waals surface area contributed by atoms with Gasteiger partial charge < -0.3 is 14.2 Å². The lowest BCUT2D eigenvalue weighted by atomic mass is 10.1. The highest BCUT2D eigenvalue weighted by atomic mass is 16.6. The van der Waals surface area contributed by atoms with Gasteiger partial charge in [-0.1, -0.05) is 226 Å². The van der Waals surface area contributed by atoms with Crippen LogP contribution in [0.5, 0.6) is 0 Å². The highest BCUT2D eigenvalue weighted by molar-refractivity contribution is 5.71. The summed E-state index contributed by atoms with van der Waals surface area (Å²) in [6.07, 6.45) is 70.8. The molecular weight excluding hydrogens is 805 g/mol. The molecule has 0 N–H and O–H groups in total. The second kappa shape index (κ2) is 52.7. The van der Waals surface area contributed by atoms with Crippen LogP contribution >= 0.6 is 0 Å². The van der Waals surface area contributed by atoms with Crippen molar-refractivity contribution in [1.82, 2.24) is 0 Å². The van der Waals surface area contributed by atoms with Gasteiger partial charge in [-0.2, -0.15) is 0 Å². The Morgan fingerprint density at radius 3 is 1.18 bits per heavy atom. The van der Waals surface area contributed by atoms with E-state index in [9.17, 15) is 14.4 Å². The second-order valence-corrected chi connectivity index (χ2v) is 17.1. The normalized spacial score (nSPS) is 13.0. The summed E-state index contributed by atoms with van der Waals surface area (Å²) >= 11 is 0. The number of carbonyl (C=O) groups is 3. The van der Waals surface area contributed by atoms with Crippen LogP contribution in [0.15, 0.2) is 109 Å². The summed E-state index contributed by atoms with van der Waals surface area (Å²) < 4.78 is 16.7. The van der Waals surface area contributed by atoms with Crippen molar-refractivity contribution >= 4 is 17.9 Å². The second-order valence-electron chi connectivity index (χ2n) is 17.1. The van der Waals surface area contributed by atoms with Gasteiger partial charge in [-0.3, -0.25) is 14.4 Å². The van der Waals surface area contributed by atoms with Crippen LogP contribution in [0.3, 0.4) is 0 Å². The number of rotatable bonds is 46. The Balaban J connectivity index is 4.46. The number of unbranched alkanes of at least 4 members (excludes halogenated alkanes) is 21. The minimum atomic E-state index is -0.812. The molecule has 65 heavy (non-hydrogen) atoms. The first-order valence-corrected chi connectivity index (χ1v) is 26.5. The van der Waals surface area contributed by atoms with Gasteiger partial charge in [-0.15, -0.1) is 0 Å². The lowest BCUT2D eigenvalue weighted by Gasteiger charge is -2.18. The molecule has 6 heteroatoms. The Morgan fingerprint density at radius 2 is 0.692 bits per heavy atom. The van der Waals surface area contributed by atoms with Crippen molar-refractivity contribution in [2.45, 2.75) is 232 Å². The first-order chi connectivity index (χ1) is 32.0. The molecule has 0 radical (unpaired) electrons. The third kappa shape index (κ3) is 50.9. The molecule has 0 saturated heterocycles. The molecule has 1 unspecified atom stereocenters. The Bertz CT molecular complexity index is 1360. The fourth-order valence-corrected chi connectivity index (χ4v) is 6.95. The predicted octanol–water partition coefficient (Wildman–Crippen LogP) is 17.5. The minimum absolute atomic E-state index is 0.107. The Kier molecular flexibility index (Phi) is 49.5. The maximum absolute atomic E-state index is 12.8. The van der Waals surface area contributed by atoms with Crippen LogP contribution in [0, 0.1) is 0 Å². The first-order valence-electron chi connectivity index (χ1n) is 26.5. The zero-order valence-corrected chi connectivity index (χ0v) is 42.0. The maximum atomic E-state index is 12.8. The fraction of sp³-hybridized carbons (Fsp3) is 0.644. The summed E-state index contributed by atoms with van der Waals surface area (Å²) in [4.78, 5) is 38.0. The van der Waals surface area contributed by atoms with E-state index in [-0.39, 0.29) is 37.5 Å². The fourth-order valence-electron chi connectivity index (χ4n) is 6.95. The summed E-state index contributed by atoms with van der Waals surface area (Å²) in [6.45, 7) is 6.29. The number of ether oxygens (including phenoxy) is 3. The summed E-state index contributed by atoms with van der Waals surface area (Å²) in [5.74, 6) is -0.997. The smallest absolute Gasteiger partial charge is 0.306 e. The SMILES string of the molecule is CC/C=C/C=C/C=C/C=C/C=C/CCCC(=O)OCC(COC(=O)CCCCCCCCCCC/C=C/C/C=C/C/C=C/CC)OC(=O)CCCCCCCCC/C=C/CCCCCC. The molecule has 368 valence electrons. The van der Waals surface area contributed by atoms with Crippen molar-refractivity contribution < 1.29 is 28.6 Å². The van der Waals surface area contributed by atoms with E-state index >= 15 is 0 Å². The number of esters is 3. The van der Waals surface area contributed by atoms with Gasteiger partial charge in [-0.25, -0.2) is 0 Å². The largest absolute Gasteiger partial charge is 0.462 e. The van der Waals surface area contributed by atoms with Crippen LogP contribution < -0.4 is 0 Å². The third-order valence-electron chi connectivity index (χ3n) is 10.9. The van der Waals surface area contributed by atoms with Crippen molar-refractivity contribution in [3.8, 4) is 0 Å². The molecule has 0 aliphatic rings. The number of carbonyl (C=O) groups excluding carboxylic acids is 3. The molecule has 0 heterocycles. The monoisotopic (exact) mass is 901 g/mol. The number of allylic oxidation sites excluding steroid dienone is 18. The van der Waals surface area contributed by atoms with Crippen LogP contribution in [0.1, 0.15) is 226 Å². The lowest BCUT2D eigenvalue weighted by Crippen LogP contribution is -2.30. The van der Waals surface area contributed by atoms with E-state index in [0.29, 0.717) is 19.3 Å². The molecule has 0 aromatic rings. The quantitative estimate of drug-likeness (QED) is 0.0199. The molecule has 0 aliphatic heterocycles. The van der Waals surface area contributed by atoms with Gasteiger partial charge in [0.25, 0.3) is 0 Å². The van der Waals surface area contributed by atoms with Crippen molar-refractivity contribution in [2.75, 3.05) is 13.2 Å². The lowest BCUT2D eigenvalue weighted by molar-refractivity contribution is -0.167. The average molecular weight is 901 g/mol.